The molecule has 0 radical (unpaired) electrons. The lowest BCUT2D eigenvalue weighted by molar-refractivity contribution is -0.0402. The summed E-state index contributed by atoms with van der Waals surface area (Å²) in [7, 11) is -10.1. The van der Waals surface area contributed by atoms with Crippen molar-refractivity contribution in [1.29, 1.82) is 0 Å². The fraction of sp³-hybridized carbons (Fsp3) is 0.333. The standard InChI is InChI=1S/C9H11F3N2O3S2/c1-2-7-3-5-8(6-4-7)18(15,16)14-19(13,17)9(10,11)12/h3-6H,2H2,1H3,(H2,13,14,17). The molecule has 0 saturated heterocycles. The molecule has 10 heteroatoms. The van der Waals surface area contributed by atoms with E-state index in [-0.39, 0.29) is 0 Å². The van der Waals surface area contributed by atoms with Crippen LogP contribution in [0.4, 0.5) is 13.2 Å². The van der Waals surface area contributed by atoms with E-state index in [1.54, 1.807) is 0 Å². The van der Waals surface area contributed by atoms with E-state index >= 15 is 0 Å². The van der Waals surface area contributed by atoms with Gasteiger partial charge in [0.1, 0.15) is 0 Å². The van der Waals surface area contributed by atoms with Gasteiger partial charge in [-0.15, -0.1) is 0 Å². The molecule has 0 heterocycles. The topological polar surface area (TPSA) is 89.6 Å². The van der Waals surface area contributed by atoms with Crippen molar-refractivity contribution in [2.45, 2.75) is 23.7 Å². The number of sulfonamides is 1. The second-order valence-corrected chi connectivity index (χ2v) is 7.18. The van der Waals surface area contributed by atoms with E-state index in [1.165, 1.54) is 12.1 Å². The number of hydrogen-bond donors (Lipinski definition) is 1. The van der Waals surface area contributed by atoms with E-state index in [0.717, 1.165) is 17.7 Å². The summed E-state index contributed by atoms with van der Waals surface area (Å²) < 4.78 is 73.2. The zero-order valence-corrected chi connectivity index (χ0v) is 11.3. The Morgan fingerprint density at radius 3 is 2.00 bits per heavy atom. The first-order chi connectivity index (χ1) is 8.49. The van der Waals surface area contributed by atoms with Crippen molar-refractivity contribution in [3.63, 3.8) is 0 Å². The Morgan fingerprint density at radius 1 is 1.16 bits per heavy atom. The number of hydrogen-bond acceptors (Lipinski definition) is 3. The third kappa shape index (κ3) is 3.67. The van der Waals surface area contributed by atoms with E-state index in [9.17, 15) is 25.8 Å². The number of aryl methyl sites for hydroxylation is 1. The Labute approximate surface area is 109 Å². The van der Waals surface area contributed by atoms with Crippen molar-refractivity contribution in [3.8, 4) is 0 Å². The first kappa shape index (κ1) is 15.9. The van der Waals surface area contributed by atoms with Gasteiger partial charge in [0, 0.05) is 0 Å². The van der Waals surface area contributed by atoms with E-state index in [2.05, 4.69) is 8.91 Å². The minimum absolute atomic E-state index is 0.493. The van der Waals surface area contributed by atoms with Crippen molar-refractivity contribution in [2.75, 3.05) is 0 Å². The van der Waals surface area contributed by atoms with E-state index in [4.69, 9.17) is 0 Å². The van der Waals surface area contributed by atoms with Gasteiger partial charge in [0.2, 0.25) is 9.92 Å². The summed E-state index contributed by atoms with van der Waals surface area (Å²) in [5.41, 5.74) is -4.62. The second kappa shape index (κ2) is 5.10. The first-order valence-corrected chi connectivity index (χ1v) is 7.98. The van der Waals surface area contributed by atoms with Crippen molar-refractivity contribution in [2.24, 2.45) is 8.91 Å². The van der Waals surface area contributed by atoms with Gasteiger partial charge in [-0.3, -0.25) is 0 Å². The van der Waals surface area contributed by atoms with Crippen LogP contribution in [0.2, 0.25) is 0 Å². The van der Waals surface area contributed by atoms with Gasteiger partial charge in [-0.2, -0.15) is 21.6 Å². The van der Waals surface area contributed by atoms with Gasteiger partial charge >= 0.3 is 5.51 Å². The van der Waals surface area contributed by atoms with Crippen LogP contribution in [0.15, 0.2) is 32.9 Å². The van der Waals surface area contributed by atoms with Gasteiger partial charge in [-0.25, -0.2) is 9.35 Å². The zero-order valence-electron chi connectivity index (χ0n) is 9.72. The Balaban J connectivity index is 3.33. The lowest BCUT2D eigenvalue weighted by Crippen LogP contribution is -2.31. The molecule has 1 aromatic rings. The van der Waals surface area contributed by atoms with Crippen molar-refractivity contribution in [1.82, 2.24) is 0 Å². The summed E-state index contributed by atoms with van der Waals surface area (Å²) in [5, 5.41) is 4.43. The number of nitrogens with two attached hydrogens (primary N) is 1. The molecule has 1 aromatic carbocycles. The lowest BCUT2D eigenvalue weighted by atomic mass is 10.2. The highest BCUT2D eigenvalue weighted by molar-refractivity contribution is 8.02. The quantitative estimate of drug-likeness (QED) is 0.922. The zero-order chi connectivity index (χ0) is 14.9. The summed E-state index contributed by atoms with van der Waals surface area (Å²) in [4.78, 5) is -0.493. The van der Waals surface area contributed by atoms with E-state index in [1.807, 2.05) is 6.92 Å². The van der Waals surface area contributed by atoms with Crippen LogP contribution in [0.5, 0.6) is 0 Å². The Kier molecular flexibility index (Phi) is 4.27. The summed E-state index contributed by atoms with van der Waals surface area (Å²) in [6.45, 7) is 1.82. The molecule has 0 saturated carbocycles. The highest BCUT2D eigenvalue weighted by atomic mass is 32.3. The molecular weight excluding hydrogens is 305 g/mol. The van der Waals surface area contributed by atoms with Crippen LogP contribution in [-0.2, 0) is 26.4 Å². The van der Waals surface area contributed by atoms with Crippen LogP contribution in [0.25, 0.3) is 0 Å². The Hall–Kier alpha value is -1.13. The molecule has 0 aliphatic carbocycles. The molecule has 0 fully saturated rings. The van der Waals surface area contributed by atoms with E-state index in [0.29, 0.717) is 6.42 Å². The lowest BCUT2D eigenvalue weighted by Gasteiger charge is -2.08. The molecule has 108 valence electrons. The van der Waals surface area contributed by atoms with Crippen molar-refractivity contribution >= 4 is 19.9 Å². The normalized spacial score (nSPS) is 15.8. The van der Waals surface area contributed by atoms with Gasteiger partial charge in [0.05, 0.1) is 4.90 Å². The first-order valence-electron chi connectivity index (χ1n) is 4.96. The molecule has 0 aliphatic rings. The molecule has 0 aromatic heterocycles. The number of alkyl halides is 3. The maximum absolute atomic E-state index is 12.2. The third-order valence-corrected chi connectivity index (χ3v) is 5.37. The van der Waals surface area contributed by atoms with Crippen LogP contribution < -0.4 is 5.14 Å². The summed E-state index contributed by atoms with van der Waals surface area (Å²) in [6.07, 6.45) is 0.633. The molecule has 0 amide bonds. The van der Waals surface area contributed by atoms with Crippen LogP contribution in [-0.4, -0.2) is 18.1 Å². The molecule has 0 spiro atoms. The average molecular weight is 316 g/mol. The molecule has 19 heavy (non-hydrogen) atoms. The highest BCUT2D eigenvalue weighted by Gasteiger charge is 2.42. The molecule has 2 N–H and O–H groups in total. The molecule has 1 unspecified atom stereocenters. The minimum atomic E-state index is -5.41. The number of rotatable bonds is 3. The van der Waals surface area contributed by atoms with E-state index < -0.39 is 30.3 Å². The summed E-state index contributed by atoms with van der Waals surface area (Å²) >= 11 is 0. The molecule has 0 aliphatic heterocycles. The van der Waals surface area contributed by atoms with Gasteiger partial charge in [0.15, 0.2) is 0 Å². The molecule has 0 bridgehead atoms. The molecule has 1 atom stereocenters. The minimum Gasteiger partial charge on any atom is -0.237 e. The SMILES string of the molecule is CCc1ccc(S(=O)(=O)N=S(N)(=O)C(F)(F)F)cc1. The van der Waals surface area contributed by atoms with Crippen LogP contribution >= 0.6 is 0 Å². The monoisotopic (exact) mass is 316 g/mol. The second-order valence-electron chi connectivity index (χ2n) is 3.56. The van der Waals surface area contributed by atoms with Crippen molar-refractivity contribution in [3.05, 3.63) is 29.8 Å². The van der Waals surface area contributed by atoms with Crippen LogP contribution in [0, 0.1) is 0 Å². The van der Waals surface area contributed by atoms with Gasteiger partial charge in [-0.05, 0) is 24.1 Å². The molecule has 5 nitrogen and oxygen atoms in total. The number of nitrogens with zero attached hydrogens (tertiary/aromatic N) is 1. The van der Waals surface area contributed by atoms with Crippen molar-refractivity contribution < 1.29 is 25.8 Å². The van der Waals surface area contributed by atoms with Crippen LogP contribution in [0.1, 0.15) is 12.5 Å². The predicted molar refractivity (Wildman–Crippen MR) is 63.8 cm³/mol. The molecule has 1 rings (SSSR count). The Bertz CT molecular complexity index is 672. The smallest absolute Gasteiger partial charge is 0.237 e. The predicted octanol–water partition coefficient (Wildman–Crippen LogP) is 1.80. The maximum atomic E-state index is 12.2. The number of benzene rings is 1. The summed E-state index contributed by atoms with van der Waals surface area (Å²) in [6, 6.07) is 5.02. The Morgan fingerprint density at radius 2 is 1.63 bits per heavy atom. The van der Waals surface area contributed by atoms with Gasteiger partial charge in [-0.1, -0.05) is 22.8 Å². The average Bonchev–Trinajstić information content (AvgIpc) is 2.26. The van der Waals surface area contributed by atoms with Gasteiger partial charge < -0.3 is 0 Å². The number of halogens is 3. The molecular formula is C9H11F3N2O3S2. The summed E-state index contributed by atoms with van der Waals surface area (Å²) in [5.74, 6) is 0. The fourth-order valence-corrected chi connectivity index (χ4v) is 3.46. The maximum Gasteiger partial charge on any atom is 0.493 e. The van der Waals surface area contributed by atoms with Crippen LogP contribution in [0.3, 0.4) is 0 Å². The third-order valence-electron chi connectivity index (χ3n) is 2.17. The fourth-order valence-electron chi connectivity index (χ4n) is 1.13. The highest BCUT2D eigenvalue weighted by Crippen LogP contribution is 2.25. The van der Waals surface area contributed by atoms with Gasteiger partial charge in [0.25, 0.3) is 10.0 Å². The largest absolute Gasteiger partial charge is 0.493 e.